The molecule has 0 aliphatic carbocycles. The van der Waals surface area contributed by atoms with Gasteiger partial charge in [0.15, 0.2) is 0 Å². The summed E-state index contributed by atoms with van der Waals surface area (Å²) >= 11 is 1.64. The van der Waals surface area contributed by atoms with E-state index < -0.39 is 11.6 Å². The molecule has 8 aromatic rings. The summed E-state index contributed by atoms with van der Waals surface area (Å²) in [5.74, 6) is -1.15. The Morgan fingerprint density at radius 2 is 0.946 bits per heavy atom. The molecule has 56 heavy (non-hydrogen) atoms. The summed E-state index contributed by atoms with van der Waals surface area (Å²) < 4.78 is 33.7. The van der Waals surface area contributed by atoms with Crippen molar-refractivity contribution in [2.45, 2.75) is 16.7 Å². The minimum Gasteiger partial charge on any atom is -0.312 e. The van der Waals surface area contributed by atoms with Gasteiger partial charge in [-0.3, -0.25) is 0 Å². The SMILES string of the molecule is Cc1ccc(-c2ccccc2N2c3ccccc3B3c4ccccc4N4c5ccccc5B5c6ccccc6Sc6c5c4c3c2c6-c2c(F)cccc2F)cc1. The van der Waals surface area contributed by atoms with Gasteiger partial charge in [-0.05, 0) is 82.3 Å². The molecule has 0 saturated carbocycles. The van der Waals surface area contributed by atoms with Crippen molar-refractivity contribution in [2.75, 3.05) is 9.80 Å². The van der Waals surface area contributed by atoms with Crippen molar-refractivity contribution in [3.63, 3.8) is 0 Å². The Balaban J connectivity index is 1.32. The molecule has 4 heterocycles. The Morgan fingerprint density at radius 1 is 0.446 bits per heavy atom. The first-order valence-corrected chi connectivity index (χ1v) is 19.9. The number of hydrogen-bond acceptors (Lipinski definition) is 3. The maximum Gasteiger partial charge on any atom is 0.252 e. The first-order chi connectivity index (χ1) is 27.6. The van der Waals surface area contributed by atoms with Crippen LogP contribution in [-0.2, 0) is 0 Å². The number of fused-ring (bicyclic) bond motifs is 10. The van der Waals surface area contributed by atoms with Gasteiger partial charge in [0.2, 0.25) is 6.71 Å². The zero-order valence-electron chi connectivity index (χ0n) is 30.3. The van der Waals surface area contributed by atoms with Crippen molar-refractivity contribution >= 4 is 92.1 Å². The number of rotatable bonds is 3. The summed E-state index contributed by atoms with van der Waals surface area (Å²) in [4.78, 5) is 6.75. The van der Waals surface area contributed by atoms with E-state index in [1.54, 1.807) is 11.8 Å². The molecule has 0 atom stereocenters. The minimum absolute atomic E-state index is 0.00222. The van der Waals surface area contributed by atoms with E-state index in [0.29, 0.717) is 5.56 Å². The summed E-state index contributed by atoms with van der Waals surface area (Å²) in [7, 11) is 0. The molecule has 2 nitrogen and oxygen atoms in total. The molecule has 0 radical (unpaired) electrons. The molecule has 0 bridgehead atoms. The second kappa shape index (κ2) is 11.8. The fourth-order valence-corrected chi connectivity index (χ4v) is 11.2. The molecule has 0 aromatic heterocycles. The number of aryl methyl sites for hydroxylation is 1. The highest BCUT2D eigenvalue weighted by molar-refractivity contribution is 8.00. The van der Waals surface area contributed by atoms with E-state index in [2.05, 4.69) is 162 Å². The number of nitrogens with zero attached hydrogens (tertiary/aromatic N) is 2. The van der Waals surface area contributed by atoms with Crippen LogP contribution in [-0.4, -0.2) is 13.4 Å². The maximum atomic E-state index is 16.9. The third-order valence-electron chi connectivity index (χ3n) is 12.1. The number of halogens is 2. The zero-order valence-corrected chi connectivity index (χ0v) is 31.1. The van der Waals surface area contributed by atoms with Gasteiger partial charge in [-0.1, -0.05) is 144 Å². The third-order valence-corrected chi connectivity index (χ3v) is 13.3. The van der Waals surface area contributed by atoms with Gasteiger partial charge in [-0.2, -0.15) is 0 Å². The molecule has 0 N–H and O–H groups in total. The van der Waals surface area contributed by atoms with Gasteiger partial charge in [0.1, 0.15) is 11.6 Å². The second-order valence-corrected chi connectivity index (χ2v) is 16.1. The van der Waals surface area contributed by atoms with Gasteiger partial charge < -0.3 is 9.80 Å². The monoisotopic (exact) mass is 738 g/mol. The van der Waals surface area contributed by atoms with E-state index in [4.69, 9.17) is 0 Å². The molecule has 0 unspecified atom stereocenters. The normalized spacial score (nSPS) is 13.8. The highest BCUT2D eigenvalue weighted by Crippen LogP contribution is 2.54. The van der Waals surface area contributed by atoms with Crippen molar-refractivity contribution in [1.29, 1.82) is 0 Å². The molecule has 0 spiro atoms. The van der Waals surface area contributed by atoms with E-state index in [0.717, 1.165) is 76.9 Å². The van der Waals surface area contributed by atoms with Crippen LogP contribution in [0.4, 0.5) is 42.9 Å². The van der Waals surface area contributed by atoms with E-state index in [1.165, 1.54) is 34.7 Å². The molecule has 12 rings (SSSR count). The predicted molar refractivity (Wildman–Crippen MR) is 231 cm³/mol. The van der Waals surface area contributed by atoms with Crippen LogP contribution in [0.1, 0.15) is 5.56 Å². The van der Waals surface area contributed by atoms with Gasteiger partial charge in [-0.15, -0.1) is 0 Å². The topological polar surface area (TPSA) is 6.48 Å². The van der Waals surface area contributed by atoms with Crippen LogP contribution in [0.3, 0.4) is 0 Å². The Kier molecular flexibility index (Phi) is 6.77. The molecule has 0 amide bonds. The van der Waals surface area contributed by atoms with Crippen molar-refractivity contribution in [2.24, 2.45) is 0 Å². The standard InChI is InChI=1S/C49H30B2F2N2S/c1-29-25-27-30(28-26-29)31-13-2-7-20-38(31)54-39-21-8-3-14-32(39)50-33-15-4-9-22-40(33)55-41-23-10-5-16-34(41)51-35-17-6-11-24-42(35)56-49-44(43-36(52)18-12-19-37(43)53)47(54)45(50)48(55)46(49)51/h2-28H,1H3. The van der Waals surface area contributed by atoms with E-state index >= 15 is 8.78 Å². The predicted octanol–water partition coefficient (Wildman–Crippen LogP) is 8.98. The van der Waals surface area contributed by atoms with Gasteiger partial charge >= 0.3 is 0 Å². The lowest BCUT2D eigenvalue weighted by Crippen LogP contribution is -2.68. The Bertz CT molecular complexity index is 2950. The fourth-order valence-electron chi connectivity index (χ4n) is 9.90. The van der Waals surface area contributed by atoms with Gasteiger partial charge in [0.05, 0.1) is 16.9 Å². The highest BCUT2D eigenvalue weighted by atomic mass is 32.2. The maximum absolute atomic E-state index is 16.9. The van der Waals surface area contributed by atoms with Crippen LogP contribution in [0.25, 0.3) is 22.3 Å². The van der Waals surface area contributed by atoms with Crippen LogP contribution >= 0.6 is 11.8 Å². The minimum atomic E-state index is -0.577. The Labute approximate surface area is 329 Å². The lowest BCUT2D eigenvalue weighted by Gasteiger charge is -2.50. The molecule has 7 heteroatoms. The number of benzene rings is 8. The molecular formula is C49H30B2F2N2S. The largest absolute Gasteiger partial charge is 0.312 e. The van der Waals surface area contributed by atoms with Gasteiger partial charge in [0.25, 0.3) is 6.71 Å². The van der Waals surface area contributed by atoms with E-state index in [-0.39, 0.29) is 19.0 Å². The number of anilines is 6. The molecule has 4 aliphatic heterocycles. The number of para-hydroxylation sites is 4. The van der Waals surface area contributed by atoms with E-state index in [9.17, 15) is 0 Å². The van der Waals surface area contributed by atoms with Gasteiger partial charge in [-0.25, -0.2) is 8.78 Å². The van der Waals surface area contributed by atoms with Crippen LogP contribution < -0.4 is 42.6 Å². The second-order valence-electron chi connectivity index (χ2n) is 15.1. The molecule has 4 aliphatic rings. The third kappa shape index (κ3) is 4.24. The Hall–Kier alpha value is -6.30. The molecule has 0 fully saturated rings. The van der Waals surface area contributed by atoms with Crippen LogP contribution in [0.15, 0.2) is 174 Å². The number of hydrogen-bond donors (Lipinski definition) is 0. The first-order valence-electron chi connectivity index (χ1n) is 19.1. The van der Waals surface area contributed by atoms with Crippen molar-refractivity contribution in [3.8, 4) is 22.3 Å². The summed E-state index contributed by atoms with van der Waals surface area (Å²) in [6, 6.07) is 55.9. The first kappa shape index (κ1) is 32.0. The lowest BCUT2D eigenvalue weighted by molar-refractivity contribution is 0.589. The molecule has 8 aromatic carbocycles. The van der Waals surface area contributed by atoms with Gasteiger partial charge in [0, 0.05) is 43.7 Å². The van der Waals surface area contributed by atoms with Crippen LogP contribution in [0.2, 0.25) is 0 Å². The molecule has 262 valence electrons. The summed E-state index contributed by atoms with van der Waals surface area (Å²) in [5.41, 5.74) is 16.9. The molecular weight excluding hydrogens is 708 g/mol. The summed E-state index contributed by atoms with van der Waals surface area (Å²) in [6.07, 6.45) is 0. The average molecular weight is 738 g/mol. The van der Waals surface area contributed by atoms with Crippen molar-refractivity contribution in [3.05, 3.63) is 181 Å². The molecule has 0 saturated heterocycles. The van der Waals surface area contributed by atoms with Crippen LogP contribution in [0.5, 0.6) is 0 Å². The lowest BCUT2D eigenvalue weighted by atomic mass is 9.29. The quantitative estimate of drug-likeness (QED) is 0.167. The average Bonchev–Trinajstić information content (AvgIpc) is 3.24. The summed E-state index contributed by atoms with van der Waals surface area (Å²) in [5, 5.41) is 0. The smallest absolute Gasteiger partial charge is 0.252 e. The van der Waals surface area contributed by atoms with E-state index in [1.807, 2.05) is 0 Å². The van der Waals surface area contributed by atoms with Crippen molar-refractivity contribution < 1.29 is 8.78 Å². The van der Waals surface area contributed by atoms with Crippen LogP contribution in [0, 0.1) is 18.6 Å². The fraction of sp³-hybridized carbons (Fsp3) is 0.0204. The zero-order chi connectivity index (χ0) is 37.2. The highest BCUT2D eigenvalue weighted by Gasteiger charge is 2.52. The Morgan fingerprint density at radius 3 is 1.57 bits per heavy atom. The van der Waals surface area contributed by atoms with Crippen molar-refractivity contribution in [1.82, 2.24) is 0 Å². The summed E-state index contributed by atoms with van der Waals surface area (Å²) in [6.45, 7) is 1.76.